The number of rotatable bonds is 3. The van der Waals surface area contributed by atoms with Crippen LogP contribution in [-0.2, 0) is 5.41 Å². The second-order valence-electron chi connectivity index (χ2n) is 14.4. The van der Waals surface area contributed by atoms with Crippen LogP contribution in [0.2, 0.25) is 0 Å². The third kappa shape index (κ3) is 3.77. The van der Waals surface area contributed by atoms with Gasteiger partial charge in [0.25, 0.3) is 0 Å². The van der Waals surface area contributed by atoms with E-state index < -0.39 is 5.41 Å². The van der Waals surface area contributed by atoms with E-state index in [2.05, 4.69) is 187 Å². The zero-order valence-electron chi connectivity index (χ0n) is 28.8. The fourth-order valence-corrected chi connectivity index (χ4v) is 9.73. The van der Waals surface area contributed by atoms with E-state index in [0.717, 1.165) is 33.6 Å². The van der Waals surface area contributed by atoms with Gasteiger partial charge in [-0.1, -0.05) is 140 Å². The minimum atomic E-state index is -0.412. The third-order valence-corrected chi connectivity index (χ3v) is 11.8. The number of hydrogen-bond donors (Lipinski definition) is 0. The van der Waals surface area contributed by atoms with E-state index >= 15 is 0 Å². The molecule has 10 aromatic rings. The highest BCUT2D eigenvalue weighted by Gasteiger charge is 2.51. The summed E-state index contributed by atoms with van der Waals surface area (Å²) >= 11 is 0. The van der Waals surface area contributed by atoms with Gasteiger partial charge in [-0.2, -0.15) is 0 Å². The van der Waals surface area contributed by atoms with Crippen molar-refractivity contribution >= 4 is 60.5 Å². The fraction of sp³-hybridized carbons (Fsp3) is 0.0196. The number of anilines is 3. The Morgan fingerprint density at radius 2 is 0.887 bits per heavy atom. The lowest BCUT2D eigenvalue weighted by Gasteiger charge is -2.32. The lowest BCUT2D eigenvalue weighted by molar-refractivity contribution is 0.669. The number of nitrogens with zero attached hydrogens (tertiary/aromatic N) is 1. The Kier molecular flexibility index (Phi) is 5.73. The van der Waals surface area contributed by atoms with Crippen LogP contribution in [0.4, 0.5) is 17.1 Å². The molecule has 0 amide bonds. The molecular weight excluding hydrogens is 643 g/mol. The molecule has 0 saturated heterocycles. The average Bonchev–Trinajstić information content (AvgIpc) is 3.85. The molecule has 2 aliphatic rings. The van der Waals surface area contributed by atoms with Gasteiger partial charge in [0.1, 0.15) is 11.2 Å². The second kappa shape index (κ2) is 10.6. The van der Waals surface area contributed by atoms with Crippen molar-refractivity contribution in [2.45, 2.75) is 5.41 Å². The summed E-state index contributed by atoms with van der Waals surface area (Å²) in [7, 11) is 0. The number of fused-ring (bicyclic) bond motifs is 17. The molecule has 53 heavy (non-hydrogen) atoms. The van der Waals surface area contributed by atoms with Crippen molar-refractivity contribution in [1.82, 2.24) is 0 Å². The Balaban J connectivity index is 1.14. The molecule has 0 atom stereocenters. The molecule has 2 aliphatic carbocycles. The Hall–Kier alpha value is -6.90. The van der Waals surface area contributed by atoms with Crippen LogP contribution in [-0.4, -0.2) is 0 Å². The summed E-state index contributed by atoms with van der Waals surface area (Å²) in [6, 6.07) is 69.1. The lowest BCUT2D eigenvalue weighted by Crippen LogP contribution is -2.26. The van der Waals surface area contributed by atoms with E-state index in [1.54, 1.807) is 0 Å². The number of hydrogen-bond acceptors (Lipinski definition) is 2. The normalized spacial score (nSPS) is 13.4. The van der Waals surface area contributed by atoms with Crippen molar-refractivity contribution in [1.29, 1.82) is 0 Å². The lowest BCUT2D eigenvalue weighted by atomic mass is 9.70. The quantitative estimate of drug-likeness (QED) is 0.174. The molecular formula is C51H31NO. The molecule has 1 spiro atoms. The maximum atomic E-state index is 6.38. The van der Waals surface area contributed by atoms with Crippen molar-refractivity contribution < 1.29 is 4.42 Å². The van der Waals surface area contributed by atoms with Gasteiger partial charge >= 0.3 is 0 Å². The summed E-state index contributed by atoms with van der Waals surface area (Å²) in [5.74, 6) is 0. The van der Waals surface area contributed by atoms with E-state index in [4.69, 9.17) is 4.42 Å². The van der Waals surface area contributed by atoms with Crippen molar-refractivity contribution in [3.8, 4) is 22.3 Å². The molecule has 1 heterocycles. The summed E-state index contributed by atoms with van der Waals surface area (Å²) in [6.07, 6.45) is 0. The molecule has 1 aromatic heterocycles. The summed E-state index contributed by atoms with van der Waals surface area (Å²) < 4.78 is 6.38. The molecule has 246 valence electrons. The maximum absolute atomic E-state index is 6.38. The van der Waals surface area contributed by atoms with Gasteiger partial charge in [0.05, 0.1) is 5.41 Å². The van der Waals surface area contributed by atoms with Crippen molar-refractivity contribution in [2.75, 3.05) is 4.90 Å². The maximum Gasteiger partial charge on any atom is 0.136 e. The summed E-state index contributed by atoms with van der Waals surface area (Å²) in [5, 5.41) is 7.16. The van der Waals surface area contributed by atoms with E-state index in [0.29, 0.717) is 0 Å². The first-order valence-electron chi connectivity index (χ1n) is 18.3. The number of furan rings is 1. The zero-order chi connectivity index (χ0) is 34.7. The second-order valence-corrected chi connectivity index (χ2v) is 14.4. The van der Waals surface area contributed by atoms with E-state index in [-0.39, 0.29) is 0 Å². The fourth-order valence-electron chi connectivity index (χ4n) is 9.73. The molecule has 0 saturated carbocycles. The molecule has 0 fully saturated rings. The van der Waals surface area contributed by atoms with Gasteiger partial charge in [-0.05, 0) is 109 Å². The van der Waals surface area contributed by atoms with E-state index in [1.807, 2.05) is 6.07 Å². The molecule has 0 unspecified atom stereocenters. The van der Waals surface area contributed by atoms with Crippen LogP contribution in [0.25, 0.3) is 65.7 Å². The summed E-state index contributed by atoms with van der Waals surface area (Å²) in [5.41, 5.74) is 15.4. The highest BCUT2D eigenvalue weighted by molar-refractivity contribution is 6.27. The average molecular weight is 674 g/mol. The van der Waals surface area contributed by atoms with E-state index in [9.17, 15) is 0 Å². The predicted octanol–water partition coefficient (Wildman–Crippen LogP) is 13.7. The smallest absolute Gasteiger partial charge is 0.136 e. The molecule has 0 N–H and O–H groups in total. The first-order valence-corrected chi connectivity index (χ1v) is 18.3. The van der Waals surface area contributed by atoms with Crippen molar-refractivity contribution in [2.24, 2.45) is 0 Å². The van der Waals surface area contributed by atoms with Crippen LogP contribution in [0.5, 0.6) is 0 Å². The molecule has 12 rings (SSSR count). The highest BCUT2D eigenvalue weighted by Crippen LogP contribution is 2.63. The Morgan fingerprint density at radius 3 is 1.62 bits per heavy atom. The largest absolute Gasteiger partial charge is 0.456 e. The highest BCUT2D eigenvalue weighted by atomic mass is 16.3. The van der Waals surface area contributed by atoms with Crippen LogP contribution in [0, 0.1) is 0 Å². The zero-order valence-corrected chi connectivity index (χ0v) is 28.8. The van der Waals surface area contributed by atoms with Crippen molar-refractivity contribution in [3.63, 3.8) is 0 Å². The topological polar surface area (TPSA) is 16.4 Å². The molecule has 2 heteroatoms. The molecule has 0 radical (unpaired) electrons. The van der Waals surface area contributed by atoms with E-state index in [1.165, 1.54) is 71.4 Å². The van der Waals surface area contributed by atoms with Gasteiger partial charge in [-0.15, -0.1) is 0 Å². The minimum absolute atomic E-state index is 0.412. The Bertz CT molecular complexity index is 3070. The van der Waals surface area contributed by atoms with Crippen LogP contribution >= 0.6 is 0 Å². The van der Waals surface area contributed by atoms with Gasteiger partial charge in [0.2, 0.25) is 0 Å². The Morgan fingerprint density at radius 1 is 0.340 bits per heavy atom. The molecule has 9 aromatic carbocycles. The summed E-state index contributed by atoms with van der Waals surface area (Å²) in [6.45, 7) is 0. The van der Waals surface area contributed by atoms with Crippen molar-refractivity contribution in [3.05, 3.63) is 210 Å². The molecule has 2 nitrogen and oxygen atoms in total. The minimum Gasteiger partial charge on any atom is -0.456 e. The third-order valence-electron chi connectivity index (χ3n) is 11.8. The number of benzene rings is 9. The first kappa shape index (κ1) is 28.8. The van der Waals surface area contributed by atoms with Crippen LogP contribution < -0.4 is 4.90 Å². The van der Waals surface area contributed by atoms with Gasteiger partial charge in [0, 0.05) is 33.2 Å². The van der Waals surface area contributed by atoms with Gasteiger partial charge in [-0.25, -0.2) is 0 Å². The SMILES string of the molecule is c1ccc(N(c2ccc3c(c2)C2(c4ccccc4-c4ccccc42)c2ccccc2-3)c2ccc3ccc4ccc5oc6ccccc6c5c4c3c2)cc1. The molecule has 0 bridgehead atoms. The molecule has 0 aliphatic heterocycles. The predicted molar refractivity (Wildman–Crippen MR) is 220 cm³/mol. The standard InChI is InChI=1S/C51H31NO/c1-2-12-34(13-3-1)52(35-26-24-32-22-23-33-25-29-48-50(49(33)42(32)30-35)41-17-7-11-21-47(41)53-48)36-27-28-40-39-16-6-10-20-45(39)51(46(40)31-36)43-18-8-4-14-37(43)38-15-5-9-19-44(38)51/h1-31H. The first-order chi connectivity index (χ1) is 26.3. The monoisotopic (exact) mass is 673 g/mol. The Labute approximate surface area is 306 Å². The summed E-state index contributed by atoms with van der Waals surface area (Å²) in [4.78, 5) is 2.43. The van der Waals surface area contributed by atoms with Crippen LogP contribution in [0.1, 0.15) is 22.3 Å². The number of para-hydroxylation sites is 2. The van der Waals surface area contributed by atoms with Gasteiger partial charge in [-0.3, -0.25) is 0 Å². The van der Waals surface area contributed by atoms with Gasteiger partial charge in [0.15, 0.2) is 0 Å². The van der Waals surface area contributed by atoms with Gasteiger partial charge < -0.3 is 9.32 Å². The van der Waals surface area contributed by atoms with Crippen LogP contribution in [0.15, 0.2) is 192 Å². The van der Waals surface area contributed by atoms with Crippen LogP contribution in [0.3, 0.4) is 0 Å².